The van der Waals surface area contributed by atoms with E-state index in [2.05, 4.69) is 35.7 Å². The predicted octanol–water partition coefficient (Wildman–Crippen LogP) is 4.61. The summed E-state index contributed by atoms with van der Waals surface area (Å²) in [6.07, 6.45) is 17.9. The molecule has 3 heteroatoms. The summed E-state index contributed by atoms with van der Waals surface area (Å²) in [5, 5.41) is 3.23. The Morgan fingerprint density at radius 3 is 2.50 bits per heavy atom. The molecule has 1 aromatic carbocycles. The molecule has 2 rings (SSSR count). The molecule has 0 radical (unpaired) electrons. The van der Waals surface area contributed by atoms with Gasteiger partial charge in [0.2, 0.25) is 0 Å². The number of nitrogens with one attached hydrogen (secondary N) is 1. The van der Waals surface area contributed by atoms with Gasteiger partial charge in [-0.3, -0.25) is 0 Å². The first kappa shape index (κ1) is 20.0. The summed E-state index contributed by atoms with van der Waals surface area (Å²) in [4.78, 5) is 11.3. The second-order valence-corrected chi connectivity index (χ2v) is 7.19. The number of hydrogen-bond acceptors (Lipinski definition) is 3. The zero-order valence-electron chi connectivity index (χ0n) is 15.9. The molecular formula is C23H32N2O. The van der Waals surface area contributed by atoms with Crippen LogP contribution >= 0.6 is 0 Å². The van der Waals surface area contributed by atoms with Crippen LogP contribution in [0.5, 0.6) is 0 Å². The quantitative estimate of drug-likeness (QED) is 0.504. The summed E-state index contributed by atoms with van der Waals surface area (Å²) < 4.78 is 0. The van der Waals surface area contributed by atoms with E-state index in [0.717, 1.165) is 19.4 Å². The van der Waals surface area contributed by atoms with E-state index in [0.29, 0.717) is 17.6 Å². The van der Waals surface area contributed by atoms with Gasteiger partial charge < -0.3 is 15.8 Å². The van der Waals surface area contributed by atoms with Gasteiger partial charge in [0.1, 0.15) is 5.78 Å². The van der Waals surface area contributed by atoms with E-state index in [-0.39, 0.29) is 0 Å². The first-order valence-corrected chi connectivity index (χ1v) is 9.69. The van der Waals surface area contributed by atoms with E-state index in [1.54, 1.807) is 6.92 Å². The highest BCUT2D eigenvalue weighted by atomic mass is 16.1. The van der Waals surface area contributed by atoms with Crippen LogP contribution in [0.2, 0.25) is 0 Å². The minimum Gasteiger partial charge on any atom is -0.405 e. The summed E-state index contributed by atoms with van der Waals surface area (Å²) >= 11 is 0. The van der Waals surface area contributed by atoms with Crippen LogP contribution in [-0.4, -0.2) is 12.3 Å². The van der Waals surface area contributed by atoms with E-state index in [1.165, 1.54) is 43.0 Å². The van der Waals surface area contributed by atoms with Crippen molar-refractivity contribution >= 4 is 5.78 Å². The van der Waals surface area contributed by atoms with Crippen molar-refractivity contribution in [2.24, 2.45) is 11.7 Å². The molecule has 0 bridgehead atoms. The van der Waals surface area contributed by atoms with Crippen molar-refractivity contribution in [3.05, 3.63) is 72.1 Å². The molecule has 1 fully saturated rings. The van der Waals surface area contributed by atoms with Gasteiger partial charge in [-0.2, -0.15) is 0 Å². The molecule has 26 heavy (non-hydrogen) atoms. The third kappa shape index (κ3) is 7.30. The van der Waals surface area contributed by atoms with Crippen LogP contribution in [0.3, 0.4) is 0 Å². The molecule has 0 unspecified atom stereocenters. The lowest BCUT2D eigenvalue weighted by Gasteiger charge is -2.28. The van der Waals surface area contributed by atoms with E-state index < -0.39 is 0 Å². The number of carbonyl (C=O) groups is 1. The molecule has 1 saturated carbocycles. The average Bonchev–Trinajstić information content (AvgIpc) is 2.65. The first-order valence-electron chi connectivity index (χ1n) is 9.69. The van der Waals surface area contributed by atoms with Crippen LogP contribution in [0.15, 0.2) is 61.0 Å². The monoisotopic (exact) mass is 352 g/mol. The molecule has 3 nitrogen and oxygen atoms in total. The fraction of sp³-hybridized carbons (Fsp3) is 0.435. The van der Waals surface area contributed by atoms with Crippen molar-refractivity contribution in [2.75, 3.05) is 6.54 Å². The van der Waals surface area contributed by atoms with E-state index in [9.17, 15) is 4.79 Å². The van der Waals surface area contributed by atoms with Crippen LogP contribution < -0.4 is 11.1 Å². The second kappa shape index (κ2) is 11.3. The lowest BCUT2D eigenvalue weighted by molar-refractivity contribution is -0.118. The zero-order chi connectivity index (χ0) is 18.6. The Kier molecular flexibility index (Phi) is 8.74. The minimum atomic E-state index is 0.337. The van der Waals surface area contributed by atoms with Gasteiger partial charge in [0.25, 0.3) is 0 Å². The fourth-order valence-corrected chi connectivity index (χ4v) is 3.66. The van der Waals surface area contributed by atoms with Crippen molar-refractivity contribution in [3.63, 3.8) is 0 Å². The molecule has 0 saturated heterocycles. The Balaban J connectivity index is 1.72. The number of nitrogens with two attached hydrogens (primary N) is 1. The molecule has 0 aliphatic heterocycles. The SMILES string of the molecule is CC(=O)CC1CCC(c2ccc(C/C=C\NC/C=C\C=C/N)cc2)CC1. The fourth-order valence-electron chi connectivity index (χ4n) is 3.66. The van der Waals surface area contributed by atoms with Crippen molar-refractivity contribution in [1.82, 2.24) is 5.32 Å². The highest BCUT2D eigenvalue weighted by molar-refractivity contribution is 5.75. The molecule has 0 aromatic heterocycles. The molecule has 0 atom stereocenters. The molecule has 140 valence electrons. The second-order valence-electron chi connectivity index (χ2n) is 7.19. The standard InChI is InChI=1S/C23H32N2O/c1-19(26)18-21-9-13-23(14-10-21)22-11-7-20(8-12-22)6-5-17-25-16-4-2-3-15-24/h2-5,7-8,11-12,15,17,21,23,25H,6,9-10,13-14,16,18,24H2,1H3/b4-2-,15-3-,17-5-. The molecule has 0 heterocycles. The Hall–Kier alpha value is -2.29. The topological polar surface area (TPSA) is 55.1 Å². The number of benzene rings is 1. The average molecular weight is 353 g/mol. The maximum Gasteiger partial charge on any atom is 0.130 e. The lowest BCUT2D eigenvalue weighted by Crippen LogP contribution is -2.15. The normalized spacial score (nSPS) is 21.0. The lowest BCUT2D eigenvalue weighted by atomic mass is 9.77. The van der Waals surface area contributed by atoms with Gasteiger partial charge in [0, 0.05) is 13.0 Å². The number of ketones is 1. The van der Waals surface area contributed by atoms with Crippen molar-refractivity contribution in [3.8, 4) is 0 Å². The smallest absolute Gasteiger partial charge is 0.130 e. The van der Waals surface area contributed by atoms with Crippen LogP contribution in [0.1, 0.15) is 56.1 Å². The number of Topliss-reactive ketones (excluding diaryl/α,β-unsaturated/α-hetero) is 1. The van der Waals surface area contributed by atoms with E-state index >= 15 is 0 Å². The summed E-state index contributed by atoms with van der Waals surface area (Å²) in [5.41, 5.74) is 8.04. The van der Waals surface area contributed by atoms with Gasteiger partial charge in [0.05, 0.1) is 0 Å². The Morgan fingerprint density at radius 1 is 1.12 bits per heavy atom. The summed E-state index contributed by atoms with van der Waals surface area (Å²) in [7, 11) is 0. The maximum absolute atomic E-state index is 11.3. The first-order chi connectivity index (χ1) is 12.7. The Labute approximate surface area is 158 Å². The van der Waals surface area contributed by atoms with Gasteiger partial charge in [-0.25, -0.2) is 0 Å². The van der Waals surface area contributed by atoms with Gasteiger partial charge >= 0.3 is 0 Å². The van der Waals surface area contributed by atoms with Crippen LogP contribution in [0.4, 0.5) is 0 Å². The minimum absolute atomic E-state index is 0.337. The zero-order valence-corrected chi connectivity index (χ0v) is 15.9. The van der Waals surface area contributed by atoms with Gasteiger partial charge in [-0.05, 0) is 80.5 Å². The molecular weight excluding hydrogens is 320 g/mol. The Morgan fingerprint density at radius 2 is 1.85 bits per heavy atom. The number of allylic oxidation sites excluding steroid dienone is 3. The summed E-state index contributed by atoms with van der Waals surface area (Å²) in [6.45, 7) is 2.51. The maximum atomic E-state index is 11.3. The predicted molar refractivity (Wildman–Crippen MR) is 110 cm³/mol. The Bertz CT molecular complexity index is 620. The van der Waals surface area contributed by atoms with Crippen molar-refractivity contribution < 1.29 is 4.79 Å². The van der Waals surface area contributed by atoms with E-state index in [1.807, 2.05) is 24.4 Å². The largest absolute Gasteiger partial charge is 0.405 e. The van der Waals surface area contributed by atoms with Gasteiger partial charge in [0.15, 0.2) is 0 Å². The number of hydrogen-bond donors (Lipinski definition) is 2. The van der Waals surface area contributed by atoms with Crippen molar-refractivity contribution in [1.29, 1.82) is 0 Å². The molecule has 0 spiro atoms. The van der Waals surface area contributed by atoms with Crippen molar-refractivity contribution in [2.45, 2.75) is 51.4 Å². The third-order valence-electron chi connectivity index (χ3n) is 5.06. The summed E-state index contributed by atoms with van der Waals surface area (Å²) in [5.74, 6) is 1.62. The van der Waals surface area contributed by atoms with Crippen LogP contribution in [0, 0.1) is 5.92 Å². The van der Waals surface area contributed by atoms with Crippen LogP contribution in [-0.2, 0) is 11.2 Å². The van der Waals surface area contributed by atoms with E-state index in [4.69, 9.17) is 5.73 Å². The molecule has 1 aromatic rings. The summed E-state index contributed by atoms with van der Waals surface area (Å²) in [6, 6.07) is 9.06. The van der Waals surface area contributed by atoms with Gasteiger partial charge in [-0.15, -0.1) is 0 Å². The number of rotatable bonds is 9. The number of carbonyl (C=O) groups excluding carboxylic acids is 1. The highest BCUT2D eigenvalue weighted by Gasteiger charge is 2.22. The van der Waals surface area contributed by atoms with Crippen LogP contribution in [0.25, 0.3) is 0 Å². The van der Waals surface area contributed by atoms with Gasteiger partial charge in [-0.1, -0.05) is 42.5 Å². The molecule has 1 aliphatic carbocycles. The molecule has 3 N–H and O–H groups in total. The molecule has 0 amide bonds. The third-order valence-corrected chi connectivity index (χ3v) is 5.06. The molecule has 1 aliphatic rings. The highest BCUT2D eigenvalue weighted by Crippen LogP contribution is 2.37.